The van der Waals surface area contributed by atoms with Crippen molar-refractivity contribution >= 4 is 0 Å². The summed E-state index contributed by atoms with van der Waals surface area (Å²) in [5.41, 5.74) is 8.72. The van der Waals surface area contributed by atoms with Crippen molar-refractivity contribution in [2.75, 3.05) is 13.7 Å². The van der Waals surface area contributed by atoms with Gasteiger partial charge in [-0.05, 0) is 23.6 Å². The van der Waals surface area contributed by atoms with Crippen molar-refractivity contribution in [3.63, 3.8) is 0 Å². The lowest BCUT2D eigenvalue weighted by Crippen LogP contribution is -2.13. The van der Waals surface area contributed by atoms with E-state index in [0.29, 0.717) is 12.2 Å². The molecule has 19 heavy (non-hydrogen) atoms. The monoisotopic (exact) mass is 259 g/mol. The van der Waals surface area contributed by atoms with Crippen LogP contribution in [0.25, 0.3) is 0 Å². The molecule has 1 unspecified atom stereocenters. The first kappa shape index (κ1) is 13.7. The summed E-state index contributed by atoms with van der Waals surface area (Å²) in [4.78, 5) is 0. The lowest BCUT2D eigenvalue weighted by molar-refractivity contribution is 0.202. The number of hydrogen-bond acceptors (Lipinski definition) is 2. The Morgan fingerprint density at radius 3 is 2.42 bits per heavy atom. The van der Waals surface area contributed by atoms with Crippen molar-refractivity contribution in [1.82, 2.24) is 0 Å². The standard InChI is InChI=1S/C16H18FNO/c1-19-11-10-12-6-8-13(9-7-12)16(18)14-4-2-3-5-15(14)17/h2-9,16H,10-11,18H2,1H3. The summed E-state index contributed by atoms with van der Waals surface area (Å²) in [6, 6.07) is 14.1. The van der Waals surface area contributed by atoms with Gasteiger partial charge in [0, 0.05) is 12.7 Å². The minimum Gasteiger partial charge on any atom is -0.384 e. The van der Waals surface area contributed by atoms with Crippen LogP contribution in [0, 0.1) is 5.82 Å². The molecule has 0 aliphatic heterocycles. The third-order valence-electron chi connectivity index (χ3n) is 3.17. The molecule has 0 saturated carbocycles. The van der Waals surface area contributed by atoms with E-state index in [0.717, 1.165) is 12.0 Å². The van der Waals surface area contributed by atoms with Crippen LogP contribution >= 0.6 is 0 Å². The molecule has 0 spiro atoms. The van der Waals surface area contributed by atoms with Crippen LogP contribution in [0.15, 0.2) is 48.5 Å². The van der Waals surface area contributed by atoms with Crippen LogP contribution in [0.2, 0.25) is 0 Å². The fourth-order valence-electron chi connectivity index (χ4n) is 2.02. The second kappa shape index (κ2) is 6.45. The van der Waals surface area contributed by atoms with Crippen molar-refractivity contribution in [1.29, 1.82) is 0 Å². The molecule has 0 heterocycles. The largest absolute Gasteiger partial charge is 0.384 e. The molecule has 0 bridgehead atoms. The predicted molar refractivity (Wildman–Crippen MR) is 74.5 cm³/mol. The highest BCUT2D eigenvalue weighted by Gasteiger charge is 2.12. The number of benzene rings is 2. The van der Waals surface area contributed by atoms with Gasteiger partial charge >= 0.3 is 0 Å². The summed E-state index contributed by atoms with van der Waals surface area (Å²) in [5.74, 6) is -0.265. The Balaban J connectivity index is 2.16. The normalized spacial score (nSPS) is 12.4. The summed E-state index contributed by atoms with van der Waals surface area (Å²) in [6.07, 6.45) is 0.867. The van der Waals surface area contributed by atoms with Crippen molar-refractivity contribution in [2.24, 2.45) is 5.73 Å². The zero-order valence-electron chi connectivity index (χ0n) is 11.0. The van der Waals surface area contributed by atoms with Crippen molar-refractivity contribution in [3.05, 3.63) is 71.0 Å². The van der Waals surface area contributed by atoms with E-state index in [1.165, 1.54) is 11.6 Å². The summed E-state index contributed by atoms with van der Waals surface area (Å²) in [6.45, 7) is 0.693. The molecule has 2 nitrogen and oxygen atoms in total. The number of ether oxygens (including phenoxy) is 1. The van der Waals surface area contributed by atoms with E-state index in [9.17, 15) is 4.39 Å². The van der Waals surface area contributed by atoms with Crippen LogP contribution in [-0.2, 0) is 11.2 Å². The van der Waals surface area contributed by atoms with Gasteiger partial charge in [-0.15, -0.1) is 0 Å². The third-order valence-corrected chi connectivity index (χ3v) is 3.17. The van der Waals surface area contributed by atoms with Crippen LogP contribution in [0.3, 0.4) is 0 Å². The van der Waals surface area contributed by atoms with E-state index in [2.05, 4.69) is 0 Å². The first-order valence-electron chi connectivity index (χ1n) is 6.30. The van der Waals surface area contributed by atoms with Crippen LogP contribution in [0.4, 0.5) is 4.39 Å². The third kappa shape index (κ3) is 3.40. The average molecular weight is 259 g/mol. The van der Waals surface area contributed by atoms with Gasteiger partial charge in [0.05, 0.1) is 12.6 Å². The number of nitrogens with two attached hydrogens (primary N) is 1. The van der Waals surface area contributed by atoms with Crippen molar-refractivity contribution < 1.29 is 9.13 Å². The fraction of sp³-hybridized carbons (Fsp3) is 0.250. The molecule has 0 aromatic heterocycles. The Labute approximate surface area is 113 Å². The molecule has 3 heteroatoms. The molecule has 0 fully saturated rings. The maximum absolute atomic E-state index is 13.7. The van der Waals surface area contributed by atoms with Gasteiger partial charge in [-0.1, -0.05) is 42.5 Å². The molecule has 0 aliphatic rings. The average Bonchev–Trinajstić information content (AvgIpc) is 2.45. The van der Waals surface area contributed by atoms with Crippen LogP contribution in [0.5, 0.6) is 0 Å². The van der Waals surface area contributed by atoms with Crippen LogP contribution in [0.1, 0.15) is 22.7 Å². The summed E-state index contributed by atoms with van der Waals surface area (Å²) in [7, 11) is 1.68. The van der Waals surface area contributed by atoms with Crippen LogP contribution < -0.4 is 5.73 Å². The van der Waals surface area contributed by atoms with Gasteiger partial charge in [0.25, 0.3) is 0 Å². The van der Waals surface area contributed by atoms with E-state index in [4.69, 9.17) is 10.5 Å². The van der Waals surface area contributed by atoms with Gasteiger partial charge in [0.1, 0.15) is 5.82 Å². The molecule has 2 N–H and O–H groups in total. The quantitative estimate of drug-likeness (QED) is 0.895. The van der Waals surface area contributed by atoms with E-state index in [1.54, 1.807) is 25.3 Å². The van der Waals surface area contributed by atoms with Gasteiger partial charge in [-0.2, -0.15) is 0 Å². The zero-order valence-corrected chi connectivity index (χ0v) is 11.0. The Morgan fingerprint density at radius 1 is 1.11 bits per heavy atom. The van der Waals surface area contributed by atoms with Gasteiger partial charge in [0.2, 0.25) is 0 Å². The number of halogens is 1. The Hall–Kier alpha value is -1.71. The first-order valence-corrected chi connectivity index (χ1v) is 6.30. The number of hydrogen-bond donors (Lipinski definition) is 1. The summed E-state index contributed by atoms with van der Waals surface area (Å²) < 4.78 is 18.7. The second-order valence-corrected chi connectivity index (χ2v) is 4.48. The summed E-state index contributed by atoms with van der Waals surface area (Å²) >= 11 is 0. The molecule has 0 aliphatic carbocycles. The topological polar surface area (TPSA) is 35.2 Å². The molecule has 2 aromatic carbocycles. The van der Waals surface area contributed by atoms with E-state index in [-0.39, 0.29) is 5.82 Å². The zero-order chi connectivity index (χ0) is 13.7. The predicted octanol–water partition coefficient (Wildman–Crippen LogP) is 3.06. The van der Waals surface area contributed by atoms with Gasteiger partial charge in [-0.3, -0.25) is 0 Å². The van der Waals surface area contributed by atoms with E-state index in [1.807, 2.05) is 24.3 Å². The Kier molecular flexibility index (Phi) is 4.66. The van der Waals surface area contributed by atoms with Crippen molar-refractivity contribution in [2.45, 2.75) is 12.5 Å². The molecule has 0 radical (unpaired) electrons. The number of methoxy groups -OCH3 is 1. The smallest absolute Gasteiger partial charge is 0.128 e. The number of rotatable bonds is 5. The van der Waals surface area contributed by atoms with Crippen LogP contribution in [-0.4, -0.2) is 13.7 Å². The molecule has 0 saturated heterocycles. The molecular formula is C16H18FNO. The molecular weight excluding hydrogens is 241 g/mol. The molecule has 100 valence electrons. The van der Waals surface area contributed by atoms with E-state index < -0.39 is 6.04 Å². The Morgan fingerprint density at radius 2 is 1.79 bits per heavy atom. The fourth-order valence-corrected chi connectivity index (χ4v) is 2.02. The lowest BCUT2D eigenvalue weighted by atomic mass is 9.98. The minimum atomic E-state index is -0.433. The minimum absolute atomic E-state index is 0.265. The SMILES string of the molecule is COCCc1ccc(C(N)c2ccccc2F)cc1. The second-order valence-electron chi connectivity index (χ2n) is 4.48. The highest BCUT2D eigenvalue weighted by molar-refractivity contribution is 5.33. The van der Waals surface area contributed by atoms with E-state index >= 15 is 0 Å². The highest BCUT2D eigenvalue weighted by atomic mass is 19.1. The Bertz CT molecular complexity index is 525. The molecule has 2 aromatic rings. The first-order chi connectivity index (χ1) is 9.22. The van der Waals surface area contributed by atoms with Gasteiger partial charge in [-0.25, -0.2) is 4.39 Å². The molecule has 1 atom stereocenters. The maximum atomic E-state index is 13.7. The molecule has 2 rings (SSSR count). The lowest BCUT2D eigenvalue weighted by Gasteiger charge is -2.14. The van der Waals surface area contributed by atoms with Gasteiger partial charge in [0.15, 0.2) is 0 Å². The van der Waals surface area contributed by atoms with Gasteiger partial charge < -0.3 is 10.5 Å². The summed E-state index contributed by atoms with van der Waals surface area (Å²) in [5, 5.41) is 0. The van der Waals surface area contributed by atoms with Crippen molar-refractivity contribution in [3.8, 4) is 0 Å². The maximum Gasteiger partial charge on any atom is 0.128 e. The highest BCUT2D eigenvalue weighted by Crippen LogP contribution is 2.22. The molecule has 0 amide bonds.